The van der Waals surface area contributed by atoms with Gasteiger partial charge in [-0.05, 0) is 23.8 Å². The number of hydrogen-bond acceptors (Lipinski definition) is 1. The van der Waals surface area contributed by atoms with Crippen LogP contribution in [0, 0.1) is 11.6 Å². The molecule has 102 valence electrons. The lowest BCUT2D eigenvalue weighted by Gasteiger charge is -2.06. The normalized spacial score (nSPS) is 10.9. The van der Waals surface area contributed by atoms with Gasteiger partial charge in [0.25, 0.3) is 0 Å². The quantitative estimate of drug-likeness (QED) is 0.760. The van der Waals surface area contributed by atoms with Crippen molar-refractivity contribution in [2.24, 2.45) is 7.05 Å². The number of nitrogens with one attached hydrogen (secondary N) is 1. The summed E-state index contributed by atoms with van der Waals surface area (Å²) in [5, 5.41) is 4.14. The van der Waals surface area contributed by atoms with E-state index >= 15 is 0 Å². The molecular formula is C16H14F2N2. The van der Waals surface area contributed by atoms with Crippen molar-refractivity contribution in [1.82, 2.24) is 4.57 Å². The number of halogens is 2. The maximum Gasteiger partial charge on any atom is 0.149 e. The third kappa shape index (κ3) is 2.25. The Bertz CT molecular complexity index is 762. The molecule has 0 bridgehead atoms. The Kier molecular flexibility index (Phi) is 3.14. The molecule has 1 aromatic heterocycles. The van der Waals surface area contributed by atoms with E-state index in [9.17, 15) is 8.78 Å². The highest BCUT2D eigenvalue weighted by Gasteiger charge is 2.07. The van der Waals surface area contributed by atoms with Crippen molar-refractivity contribution in [3.05, 3.63) is 65.9 Å². The zero-order valence-corrected chi connectivity index (χ0v) is 11.0. The molecule has 1 N–H and O–H groups in total. The van der Waals surface area contributed by atoms with E-state index < -0.39 is 11.6 Å². The van der Waals surface area contributed by atoms with Crippen LogP contribution in [-0.4, -0.2) is 4.57 Å². The minimum absolute atomic E-state index is 0.305. The summed E-state index contributed by atoms with van der Waals surface area (Å²) < 4.78 is 28.5. The second-order valence-electron chi connectivity index (χ2n) is 4.76. The Morgan fingerprint density at radius 3 is 2.70 bits per heavy atom. The van der Waals surface area contributed by atoms with Crippen LogP contribution >= 0.6 is 0 Å². The summed E-state index contributed by atoms with van der Waals surface area (Å²) in [5.41, 5.74) is 2.51. The molecule has 20 heavy (non-hydrogen) atoms. The number of rotatable bonds is 3. The van der Waals surface area contributed by atoms with Gasteiger partial charge in [-0.1, -0.05) is 18.2 Å². The third-order valence-corrected chi connectivity index (χ3v) is 3.38. The number of aromatic nitrogens is 1. The molecule has 2 nitrogen and oxygen atoms in total. The lowest BCUT2D eigenvalue weighted by molar-refractivity contribution is 0.585. The van der Waals surface area contributed by atoms with Crippen LogP contribution in [0.25, 0.3) is 10.9 Å². The van der Waals surface area contributed by atoms with Gasteiger partial charge in [0.2, 0.25) is 0 Å². The molecule has 1 heterocycles. The van der Waals surface area contributed by atoms with Crippen LogP contribution in [-0.2, 0) is 13.6 Å². The second-order valence-corrected chi connectivity index (χ2v) is 4.76. The smallest absolute Gasteiger partial charge is 0.149 e. The average Bonchev–Trinajstić information content (AvgIpc) is 2.75. The summed E-state index contributed by atoms with van der Waals surface area (Å²) in [4.78, 5) is 0. The van der Waals surface area contributed by atoms with Crippen LogP contribution < -0.4 is 5.32 Å². The largest absolute Gasteiger partial charge is 0.379 e. The van der Waals surface area contributed by atoms with Crippen LogP contribution in [0.2, 0.25) is 0 Å². The molecule has 0 fully saturated rings. The Morgan fingerprint density at radius 2 is 1.90 bits per heavy atom. The lowest BCUT2D eigenvalue weighted by Crippen LogP contribution is -2.01. The standard InChI is InChI=1S/C16H14F2N2/c1-20-10-11(13-4-2-3-5-16(13)20)9-19-15-7-6-12(17)8-14(15)18/h2-8,10,19H,9H2,1H3. The molecule has 0 atom stereocenters. The Balaban J connectivity index is 1.87. The van der Waals surface area contributed by atoms with E-state index in [1.165, 1.54) is 12.1 Å². The molecule has 3 aromatic rings. The van der Waals surface area contributed by atoms with Crippen LogP contribution in [0.15, 0.2) is 48.7 Å². The zero-order valence-electron chi connectivity index (χ0n) is 11.0. The van der Waals surface area contributed by atoms with Crippen LogP contribution in [0.4, 0.5) is 14.5 Å². The fraction of sp³-hybridized carbons (Fsp3) is 0.125. The summed E-state index contributed by atoms with van der Waals surface area (Å²) in [5.74, 6) is -1.15. The van der Waals surface area contributed by atoms with Gasteiger partial charge >= 0.3 is 0 Å². The van der Waals surface area contributed by atoms with Crippen LogP contribution in [0.3, 0.4) is 0 Å². The molecular weight excluding hydrogens is 258 g/mol. The molecule has 0 aliphatic heterocycles. The molecule has 0 aliphatic carbocycles. The Hall–Kier alpha value is -2.36. The van der Waals surface area contributed by atoms with Gasteiger partial charge in [0.15, 0.2) is 0 Å². The van der Waals surface area contributed by atoms with Gasteiger partial charge in [-0.2, -0.15) is 0 Å². The zero-order chi connectivity index (χ0) is 14.1. The van der Waals surface area contributed by atoms with Crippen molar-refractivity contribution in [2.45, 2.75) is 6.54 Å². The summed E-state index contributed by atoms with van der Waals surface area (Å²) in [6.07, 6.45) is 2.01. The van der Waals surface area contributed by atoms with Crippen molar-refractivity contribution >= 4 is 16.6 Å². The number of hydrogen-bond donors (Lipinski definition) is 1. The number of aryl methyl sites for hydroxylation is 1. The van der Waals surface area contributed by atoms with Gasteiger partial charge in [-0.3, -0.25) is 0 Å². The van der Waals surface area contributed by atoms with E-state index in [0.29, 0.717) is 12.2 Å². The maximum atomic E-state index is 13.6. The lowest BCUT2D eigenvalue weighted by atomic mass is 10.1. The predicted molar refractivity (Wildman–Crippen MR) is 76.6 cm³/mol. The van der Waals surface area contributed by atoms with E-state index in [4.69, 9.17) is 0 Å². The van der Waals surface area contributed by atoms with E-state index in [-0.39, 0.29) is 0 Å². The highest BCUT2D eigenvalue weighted by Crippen LogP contribution is 2.22. The van der Waals surface area contributed by atoms with E-state index in [0.717, 1.165) is 22.5 Å². The molecule has 0 aliphatic rings. The monoisotopic (exact) mass is 272 g/mol. The SMILES string of the molecule is Cn1cc(CNc2ccc(F)cc2F)c2ccccc21. The third-order valence-electron chi connectivity index (χ3n) is 3.38. The first-order valence-corrected chi connectivity index (χ1v) is 6.37. The summed E-state index contributed by atoms with van der Waals surface area (Å²) in [7, 11) is 1.98. The number of fused-ring (bicyclic) bond motifs is 1. The first-order valence-electron chi connectivity index (χ1n) is 6.37. The highest BCUT2D eigenvalue weighted by molar-refractivity contribution is 5.84. The van der Waals surface area contributed by atoms with Gasteiger partial charge in [-0.25, -0.2) is 8.78 Å². The number of nitrogens with zero attached hydrogens (tertiary/aromatic N) is 1. The van der Waals surface area contributed by atoms with Gasteiger partial charge in [-0.15, -0.1) is 0 Å². The topological polar surface area (TPSA) is 17.0 Å². The number of anilines is 1. The summed E-state index contributed by atoms with van der Waals surface area (Å²) in [6.45, 7) is 0.490. The van der Waals surface area contributed by atoms with Crippen LogP contribution in [0.1, 0.15) is 5.56 Å². The van der Waals surface area contributed by atoms with Crippen molar-refractivity contribution in [3.63, 3.8) is 0 Å². The molecule has 3 rings (SSSR count). The average molecular weight is 272 g/mol. The highest BCUT2D eigenvalue weighted by atomic mass is 19.1. The van der Waals surface area contributed by atoms with E-state index in [1.807, 2.05) is 42.1 Å². The number of benzene rings is 2. The molecule has 0 saturated heterocycles. The molecule has 4 heteroatoms. The molecule has 0 saturated carbocycles. The molecule has 2 aromatic carbocycles. The van der Waals surface area contributed by atoms with Crippen molar-refractivity contribution in [3.8, 4) is 0 Å². The van der Waals surface area contributed by atoms with Crippen molar-refractivity contribution < 1.29 is 8.78 Å². The van der Waals surface area contributed by atoms with Gasteiger partial charge in [0.05, 0.1) is 5.69 Å². The predicted octanol–water partition coefficient (Wildman–Crippen LogP) is 4.07. The molecule has 0 unspecified atom stereocenters. The molecule has 0 spiro atoms. The van der Waals surface area contributed by atoms with Crippen LogP contribution in [0.5, 0.6) is 0 Å². The van der Waals surface area contributed by atoms with E-state index in [1.54, 1.807) is 0 Å². The summed E-state index contributed by atoms with van der Waals surface area (Å²) in [6, 6.07) is 11.6. The van der Waals surface area contributed by atoms with Gasteiger partial charge < -0.3 is 9.88 Å². The number of para-hydroxylation sites is 1. The Morgan fingerprint density at radius 1 is 1.10 bits per heavy atom. The summed E-state index contributed by atoms with van der Waals surface area (Å²) >= 11 is 0. The van der Waals surface area contributed by atoms with Gasteiger partial charge in [0, 0.05) is 36.8 Å². The second kappa shape index (κ2) is 4.96. The van der Waals surface area contributed by atoms with Crippen molar-refractivity contribution in [2.75, 3.05) is 5.32 Å². The van der Waals surface area contributed by atoms with E-state index in [2.05, 4.69) is 5.32 Å². The maximum absolute atomic E-state index is 13.6. The first-order chi connectivity index (χ1) is 9.65. The first kappa shape index (κ1) is 12.7. The fourth-order valence-electron chi connectivity index (χ4n) is 2.39. The minimum atomic E-state index is -0.578. The Labute approximate surface area is 115 Å². The fourth-order valence-corrected chi connectivity index (χ4v) is 2.39. The molecule has 0 radical (unpaired) electrons. The van der Waals surface area contributed by atoms with Crippen molar-refractivity contribution in [1.29, 1.82) is 0 Å². The molecule has 0 amide bonds. The van der Waals surface area contributed by atoms with Gasteiger partial charge in [0.1, 0.15) is 11.6 Å². The minimum Gasteiger partial charge on any atom is -0.379 e.